The molecule has 0 spiro atoms. The molecule has 0 bridgehead atoms. The van der Waals surface area contributed by atoms with Gasteiger partial charge in [-0.1, -0.05) is 6.07 Å². The molecule has 2 saturated heterocycles. The molecule has 1 aromatic carbocycles. The van der Waals surface area contributed by atoms with E-state index in [2.05, 4.69) is 20.5 Å². The van der Waals surface area contributed by atoms with Crippen molar-refractivity contribution < 1.29 is 24.3 Å². The third-order valence-corrected chi connectivity index (χ3v) is 9.42. The van der Waals surface area contributed by atoms with Gasteiger partial charge in [0.25, 0.3) is 11.8 Å². The van der Waals surface area contributed by atoms with Crippen LogP contribution in [0.4, 0.5) is 15.1 Å². The van der Waals surface area contributed by atoms with Gasteiger partial charge in [0.1, 0.15) is 23.5 Å². The summed E-state index contributed by atoms with van der Waals surface area (Å²) >= 11 is 2.77. The number of nitrogens with zero attached hydrogens (tertiary/aromatic N) is 5. The van der Waals surface area contributed by atoms with Crippen LogP contribution in [0.15, 0.2) is 47.2 Å². The standard InChI is InChI=1S/C30H30N8O5S2/c1-30(2)26(42)38(28(43)36-30)13-24(40)35-27-33-22(15-44-27)20-5-3-4-19(32-20)16-8-10-37(11-9-16)29-34-21(14-45-29)17-6-7-23(39)18(12-17)25(31)41/h3-7,12,14-16,39H,8-11,13H2,1-2H3,(H2,31,41)(H,36,43)(H,33,35,40). The molecule has 0 atom stereocenters. The highest BCUT2D eigenvalue weighted by Gasteiger charge is 2.44. The number of thiazole rings is 2. The van der Waals surface area contributed by atoms with Crippen LogP contribution >= 0.6 is 22.7 Å². The summed E-state index contributed by atoms with van der Waals surface area (Å²) in [5.41, 5.74) is 8.10. The van der Waals surface area contributed by atoms with Crippen molar-refractivity contribution in [3.05, 3.63) is 58.4 Å². The fourth-order valence-corrected chi connectivity index (χ4v) is 6.94. The van der Waals surface area contributed by atoms with E-state index >= 15 is 0 Å². The molecule has 6 rings (SSSR count). The molecule has 2 aliphatic heterocycles. The molecule has 13 nitrogen and oxygen atoms in total. The molecule has 5 amide bonds. The monoisotopic (exact) mass is 646 g/mol. The second-order valence-electron chi connectivity index (χ2n) is 11.4. The molecule has 0 radical (unpaired) electrons. The third-order valence-electron chi connectivity index (χ3n) is 7.76. The lowest BCUT2D eigenvalue weighted by atomic mass is 9.93. The number of hydrogen-bond acceptors (Lipinski definition) is 11. The normalized spacial score (nSPS) is 16.6. The van der Waals surface area contributed by atoms with Crippen molar-refractivity contribution in [3.8, 4) is 28.4 Å². The molecule has 232 valence electrons. The maximum Gasteiger partial charge on any atom is 0.325 e. The van der Waals surface area contributed by atoms with Crippen molar-refractivity contribution >= 4 is 56.7 Å². The second kappa shape index (κ2) is 11.9. The third kappa shape index (κ3) is 6.21. The number of piperidine rings is 1. The van der Waals surface area contributed by atoms with Crippen LogP contribution in [0.1, 0.15) is 48.7 Å². The Balaban J connectivity index is 1.06. The molecule has 4 aromatic rings. The lowest BCUT2D eigenvalue weighted by Crippen LogP contribution is -2.41. The van der Waals surface area contributed by atoms with Crippen LogP contribution in [-0.4, -0.2) is 73.9 Å². The molecule has 15 heteroatoms. The van der Waals surface area contributed by atoms with Gasteiger partial charge in [-0.25, -0.2) is 14.8 Å². The summed E-state index contributed by atoms with van der Waals surface area (Å²) < 4.78 is 0. The number of anilines is 2. The zero-order chi connectivity index (χ0) is 31.9. The smallest absolute Gasteiger partial charge is 0.325 e. The summed E-state index contributed by atoms with van der Waals surface area (Å²) in [6, 6.07) is 9.95. The Morgan fingerprint density at radius 2 is 1.80 bits per heavy atom. The number of amides is 5. The van der Waals surface area contributed by atoms with Crippen LogP contribution in [0.2, 0.25) is 0 Å². The Bertz CT molecular complexity index is 1810. The predicted molar refractivity (Wildman–Crippen MR) is 170 cm³/mol. The molecule has 0 aliphatic carbocycles. The number of imide groups is 1. The highest BCUT2D eigenvalue weighted by molar-refractivity contribution is 7.14. The SMILES string of the molecule is CC1(C)NC(=O)N(CC(=O)Nc2nc(-c3cccc(C4CCN(c5nc(-c6ccc(O)c(C(N)=O)c6)cs5)CC4)n3)cs2)C1=O. The van der Waals surface area contributed by atoms with Gasteiger partial charge in [-0.05, 0) is 57.0 Å². The Labute approximate surface area is 266 Å². The number of carbonyl (C=O) groups is 4. The van der Waals surface area contributed by atoms with E-state index in [0.29, 0.717) is 27.8 Å². The first-order chi connectivity index (χ1) is 21.5. The molecule has 0 saturated carbocycles. The zero-order valence-electron chi connectivity index (χ0n) is 24.4. The Morgan fingerprint density at radius 1 is 1.04 bits per heavy atom. The van der Waals surface area contributed by atoms with Gasteiger partial charge in [0.05, 0.1) is 17.0 Å². The fraction of sp³-hybridized carbons (Fsp3) is 0.300. The van der Waals surface area contributed by atoms with Crippen molar-refractivity contribution in [1.29, 1.82) is 0 Å². The maximum absolute atomic E-state index is 12.6. The van der Waals surface area contributed by atoms with Gasteiger partial charge in [0.15, 0.2) is 10.3 Å². The maximum atomic E-state index is 12.6. The van der Waals surface area contributed by atoms with Gasteiger partial charge >= 0.3 is 6.03 Å². The summed E-state index contributed by atoms with van der Waals surface area (Å²) in [7, 11) is 0. The van der Waals surface area contributed by atoms with Gasteiger partial charge in [-0.15, -0.1) is 22.7 Å². The highest BCUT2D eigenvalue weighted by Crippen LogP contribution is 2.35. The highest BCUT2D eigenvalue weighted by atomic mass is 32.1. The van der Waals surface area contributed by atoms with Crippen molar-refractivity contribution in [2.75, 3.05) is 29.9 Å². The number of primary amides is 1. The number of carbonyl (C=O) groups excluding carboxylic acids is 4. The summed E-state index contributed by atoms with van der Waals surface area (Å²) in [6.45, 7) is 4.37. The molecule has 2 fully saturated rings. The quantitative estimate of drug-likeness (QED) is 0.207. The van der Waals surface area contributed by atoms with Gasteiger partial charge in [-0.2, -0.15) is 0 Å². The lowest BCUT2D eigenvalue weighted by molar-refractivity contribution is -0.132. The number of rotatable bonds is 8. The molecule has 45 heavy (non-hydrogen) atoms. The first kappa shape index (κ1) is 30.1. The summed E-state index contributed by atoms with van der Waals surface area (Å²) in [6.07, 6.45) is 1.77. The van der Waals surface area contributed by atoms with Crippen molar-refractivity contribution in [3.63, 3.8) is 0 Å². The number of aromatic hydroxyl groups is 1. The molecular weight excluding hydrogens is 617 g/mol. The minimum atomic E-state index is -1.04. The average Bonchev–Trinajstić information content (AvgIpc) is 3.74. The van der Waals surface area contributed by atoms with E-state index in [1.165, 1.54) is 28.7 Å². The molecule has 3 aromatic heterocycles. The first-order valence-corrected chi connectivity index (χ1v) is 15.9. The second-order valence-corrected chi connectivity index (χ2v) is 13.0. The summed E-state index contributed by atoms with van der Waals surface area (Å²) in [4.78, 5) is 65.9. The Morgan fingerprint density at radius 3 is 2.51 bits per heavy atom. The number of nitrogens with two attached hydrogens (primary N) is 1. The number of benzene rings is 1. The van der Waals surface area contributed by atoms with Crippen LogP contribution < -0.4 is 21.3 Å². The van der Waals surface area contributed by atoms with Crippen LogP contribution in [0, 0.1) is 0 Å². The van der Waals surface area contributed by atoms with E-state index in [9.17, 15) is 24.3 Å². The summed E-state index contributed by atoms with van der Waals surface area (Å²) in [5, 5.41) is 20.1. The van der Waals surface area contributed by atoms with Gasteiger partial charge < -0.3 is 26.4 Å². The van der Waals surface area contributed by atoms with E-state index in [0.717, 1.165) is 41.7 Å². The predicted octanol–water partition coefficient (Wildman–Crippen LogP) is 3.79. The van der Waals surface area contributed by atoms with Crippen LogP contribution in [-0.2, 0) is 9.59 Å². The lowest BCUT2D eigenvalue weighted by Gasteiger charge is -2.31. The van der Waals surface area contributed by atoms with E-state index in [1.54, 1.807) is 26.0 Å². The number of pyridine rings is 1. The van der Waals surface area contributed by atoms with Crippen LogP contribution in [0.25, 0.3) is 22.6 Å². The van der Waals surface area contributed by atoms with Gasteiger partial charge in [0, 0.05) is 41.0 Å². The molecular formula is C30H30N8O5S2. The average molecular weight is 647 g/mol. The zero-order valence-corrected chi connectivity index (χ0v) is 26.1. The number of urea groups is 1. The number of hydrogen-bond donors (Lipinski definition) is 4. The van der Waals surface area contributed by atoms with Crippen molar-refractivity contribution in [1.82, 2.24) is 25.2 Å². The Hall–Kier alpha value is -4.89. The van der Waals surface area contributed by atoms with Crippen molar-refractivity contribution in [2.45, 2.75) is 38.1 Å². The van der Waals surface area contributed by atoms with E-state index in [-0.39, 0.29) is 17.2 Å². The molecule has 5 N–H and O–H groups in total. The minimum Gasteiger partial charge on any atom is -0.507 e. The van der Waals surface area contributed by atoms with E-state index in [1.807, 2.05) is 29.0 Å². The number of nitrogens with one attached hydrogen (secondary N) is 2. The number of phenols is 1. The fourth-order valence-electron chi connectivity index (χ4n) is 5.34. The van der Waals surface area contributed by atoms with Gasteiger partial charge in [-0.3, -0.25) is 24.3 Å². The van der Waals surface area contributed by atoms with Crippen molar-refractivity contribution in [2.24, 2.45) is 5.73 Å². The molecule has 2 aliphatic rings. The summed E-state index contributed by atoms with van der Waals surface area (Å²) in [5.74, 6) is -1.58. The topological polar surface area (TPSA) is 184 Å². The van der Waals surface area contributed by atoms with E-state index < -0.39 is 35.8 Å². The van der Waals surface area contributed by atoms with E-state index in [4.69, 9.17) is 15.7 Å². The molecule has 5 heterocycles. The number of aromatic nitrogens is 3. The largest absolute Gasteiger partial charge is 0.507 e. The Kier molecular flexibility index (Phi) is 7.97. The van der Waals surface area contributed by atoms with Crippen LogP contribution in [0.3, 0.4) is 0 Å². The first-order valence-electron chi connectivity index (χ1n) is 14.2. The van der Waals surface area contributed by atoms with Gasteiger partial charge in [0.2, 0.25) is 5.91 Å². The molecule has 0 unspecified atom stereocenters. The van der Waals surface area contributed by atoms with Crippen LogP contribution in [0.5, 0.6) is 5.75 Å². The minimum absolute atomic E-state index is 0.0612.